The molecule has 1 aliphatic heterocycles. The van der Waals surface area contributed by atoms with Crippen LogP contribution in [0.4, 0.5) is 5.69 Å². The maximum atomic E-state index is 12.6. The van der Waals surface area contributed by atoms with Crippen molar-refractivity contribution in [3.05, 3.63) is 69.8 Å². The predicted molar refractivity (Wildman–Crippen MR) is 105 cm³/mol. The van der Waals surface area contributed by atoms with E-state index in [1.165, 1.54) is 0 Å². The van der Waals surface area contributed by atoms with Gasteiger partial charge in [-0.15, -0.1) is 0 Å². The molecule has 0 saturated heterocycles. The van der Waals surface area contributed by atoms with Crippen molar-refractivity contribution in [3.63, 3.8) is 0 Å². The van der Waals surface area contributed by atoms with Gasteiger partial charge >= 0.3 is 5.69 Å². The van der Waals surface area contributed by atoms with Crippen LogP contribution in [0.25, 0.3) is 28.2 Å². The summed E-state index contributed by atoms with van der Waals surface area (Å²) >= 11 is 0. The van der Waals surface area contributed by atoms with Crippen LogP contribution >= 0.6 is 0 Å². The first-order valence-electron chi connectivity index (χ1n) is 8.77. The summed E-state index contributed by atoms with van der Waals surface area (Å²) in [6, 6.07) is 12.1. The highest BCUT2D eigenvalue weighted by atomic mass is 16.1. The van der Waals surface area contributed by atoms with Gasteiger partial charge in [-0.1, -0.05) is 23.3 Å². The minimum Gasteiger partial charge on any atom is -0.321 e. The molecule has 0 fully saturated rings. The van der Waals surface area contributed by atoms with Gasteiger partial charge in [0, 0.05) is 12.1 Å². The second-order valence-corrected chi connectivity index (χ2v) is 6.89. The number of hydrazine groups is 1. The van der Waals surface area contributed by atoms with Crippen LogP contribution in [0.3, 0.4) is 0 Å². The summed E-state index contributed by atoms with van der Waals surface area (Å²) in [7, 11) is 0. The molecule has 0 atom stereocenters. The molecule has 0 spiro atoms. The number of rotatable bonds is 2. The second-order valence-electron chi connectivity index (χ2n) is 6.89. The van der Waals surface area contributed by atoms with E-state index in [9.17, 15) is 4.79 Å². The van der Waals surface area contributed by atoms with E-state index in [4.69, 9.17) is 4.98 Å². The predicted octanol–water partition coefficient (Wildman–Crippen LogP) is 2.82. The number of nitrogens with one attached hydrogen (secondary N) is 3. The minimum absolute atomic E-state index is 0.256. The average Bonchev–Trinajstić information content (AvgIpc) is 3.22. The zero-order chi connectivity index (χ0) is 18.5. The SMILES string of the molecule is Cc1cc(C)cc(-c2cnc3[nH]c(=O)n(-c4ccc5c(c4)NNC5)c3n2)c1. The molecule has 7 nitrogen and oxygen atoms in total. The third-order valence-corrected chi connectivity index (χ3v) is 4.77. The number of aromatic amines is 1. The van der Waals surface area contributed by atoms with Gasteiger partial charge in [0.15, 0.2) is 11.3 Å². The van der Waals surface area contributed by atoms with Gasteiger partial charge in [-0.2, -0.15) is 0 Å². The molecule has 134 valence electrons. The van der Waals surface area contributed by atoms with E-state index in [-0.39, 0.29) is 5.69 Å². The molecule has 7 heteroatoms. The summed E-state index contributed by atoms with van der Waals surface area (Å²) in [5.41, 5.74) is 13.8. The Labute approximate surface area is 155 Å². The Morgan fingerprint density at radius 3 is 2.70 bits per heavy atom. The number of H-pyrrole nitrogens is 1. The van der Waals surface area contributed by atoms with Crippen LogP contribution in [-0.2, 0) is 6.54 Å². The number of hydrogen-bond acceptors (Lipinski definition) is 5. The standard InChI is InChI=1S/C20H18N6O/c1-11-5-12(2)7-14(6-11)17-10-21-18-19(23-17)26(20(27)24-18)15-4-3-13-9-22-25-16(13)8-15/h3-8,10,22,25H,9H2,1-2H3,(H,21,24,27). The fourth-order valence-corrected chi connectivity index (χ4v) is 3.59. The van der Waals surface area contributed by atoms with E-state index >= 15 is 0 Å². The number of anilines is 1. The van der Waals surface area contributed by atoms with Crippen molar-refractivity contribution < 1.29 is 0 Å². The van der Waals surface area contributed by atoms with Crippen molar-refractivity contribution in [1.82, 2.24) is 24.9 Å². The molecule has 3 heterocycles. The maximum absolute atomic E-state index is 12.6. The lowest BCUT2D eigenvalue weighted by molar-refractivity contribution is 0.860. The molecule has 2 aromatic carbocycles. The Morgan fingerprint density at radius 1 is 1.07 bits per heavy atom. The van der Waals surface area contributed by atoms with Crippen molar-refractivity contribution in [2.75, 3.05) is 5.43 Å². The lowest BCUT2D eigenvalue weighted by Crippen LogP contribution is -2.15. The van der Waals surface area contributed by atoms with E-state index in [1.54, 1.807) is 10.8 Å². The number of benzene rings is 2. The zero-order valence-corrected chi connectivity index (χ0v) is 15.0. The van der Waals surface area contributed by atoms with Gasteiger partial charge in [0.1, 0.15) is 0 Å². The molecular formula is C20H18N6O. The summed E-state index contributed by atoms with van der Waals surface area (Å²) in [6.45, 7) is 4.87. The molecule has 27 heavy (non-hydrogen) atoms. The Bertz CT molecular complexity index is 1230. The Hall–Kier alpha value is -3.45. The van der Waals surface area contributed by atoms with Crippen LogP contribution in [0.1, 0.15) is 16.7 Å². The molecule has 3 N–H and O–H groups in total. The van der Waals surface area contributed by atoms with E-state index in [1.807, 2.05) is 18.2 Å². The molecule has 1 aliphatic rings. The Kier molecular flexibility index (Phi) is 3.38. The van der Waals surface area contributed by atoms with Crippen molar-refractivity contribution >= 4 is 17.0 Å². The quantitative estimate of drug-likeness (QED) is 0.513. The molecule has 0 saturated carbocycles. The van der Waals surface area contributed by atoms with Crippen LogP contribution in [0.2, 0.25) is 0 Å². The first-order valence-corrected chi connectivity index (χ1v) is 8.77. The van der Waals surface area contributed by atoms with Crippen molar-refractivity contribution in [2.24, 2.45) is 0 Å². The number of hydrogen-bond donors (Lipinski definition) is 3. The molecule has 0 amide bonds. The summed E-state index contributed by atoms with van der Waals surface area (Å²) in [6.07, 6.45) is 1.70. The fraction of sp³-hybridized carbons (Fsp3) is 0.150. The van der Waals surface area contributed by atoms with Gasteiger partial charge in [-0.25, -0.2) is 24.8 Å². The molecular weight excluding hydrogens is 340 g/mol. The maximum Gasteiger partial charge on any atom is 0.333 e. The molecule has 2 aromatic heterocycles. The van der Waals surface area contributed by atoms with Crippen molar-refractivity contribution in [3.8, 4) is 16.9 Å². The third kappa shape index (κ3) is 2.60. The van der Waals surface area contributed by atoms with Crippen molar-refractivity contribution in [1.29, 1.82) is 0 Å². The van der Waals surface area contributed by atoms with Crippen LogP contribution in [0.5, 0.6) is 0 Å². The number of aromatic nitrogens is 4. The summed E-state index contributed by atoms with van der Waals surface area (Å²) in [5, 5.41) is 0. The first-order chi connectivity index (χ1) is 13.1. The summed E-state index contributed by atoms with van der Waals surface area (Å²) in [4.78, 5) is 24.6. The largest absolute Gasteiger partial charge is 0.333 e. The molecule has 0 unspecified atom stereocenters. The van der Waals surface area contributed by atoms with Gasteiger partial charge in [0.25, 0.3) is 0 Å². The summed E-state index contributed by atoms with van der Waals surface area (Å²) < 4.78 is 1.56. The van der Waals surface area contributed by atoms with Crippen LogP contribution in [0, 0.1) is 13.8 Å². The Morgan fingerprint density at radius 2 is 1.89 bits per heavy atom. The lowest BCUT2D eigenvalue weighted by atomic mass is 10.1. The fourth-order valence-electron chi connectivity index (χ4n) is 3.59. The molecule has 5 rings (SSSR count). The van der Waals surface area contributed by atoms with Crippen LogP contribution < -0.4 is 16.5 Å². The highest BCUT2D eigenvalue weighted by Crippen LogP contribution is 2.25. The Balaban J connectivity index is 1.71. The van der Waals surface area contributed by atoms with E-state index < -0.39 is 0 Å². The monoisotopic (exact) mass is 358 g/mol. The van der Waals surface area contributed by atoms with Gasteiger partial charge in [-0.3, -0.25) is 4.98 Å². The molecule has 0 radical (unpaired) electrons. The number of imidazole rings is 1. The van der Waals surface area contributed by atoms with Crippen molar-refractivity contribution in [2.45, 2.75) is 20.4 Å². The van der Waals surface area contributed by atoms with Crippen LogP contribution in [-0.4, -0.2) is 19.5 Å². The normalized spacial score (nSPS) is 13.0. The topological polar surface area (TPSA) is 87.6 Å². The van der Waals surface area contributed by atoms with E-state index in [2.05, 4.69) is 52.9 Å². The number of aryl methyl sites for hydroxylation is 2. The van der Waals surface area contributed by atoms with Gasteiger partial charge in [-0.05, 0) is 43.7 Å². The number of fused-ring (bicyclic) bond motifs is 2. The van der Waals surface area contributed by atoms with Gasteiger partial charge < -0.3 is 5.43 Å². The first kappa shape index (κ1) is 15.8. The van der Waals surface area contributed by atoms with E-state index in [0.29, 0.717) is 11.3 Å². The highest BCUT2D eigenvalue weighted by molar-refractivity contribution is 5.74. The average molecular weight is 358 g/mol. The second kappa shape index (κ2) is 5.78. The van der Waals surface area contributed by atoms with E-state index in [0.717, 1.165) is 45.9 Å². The smallest absolute Gasteiger partial charge is 0.321 e. The lowest BCUT2D eigenvalue weighted by Gasteiger charge is -2.07. The minimum atomic E-state index is -0.256. The highest BCUT2D eigenvalue weighted by Gasteiger charge is 2.16. The third-order valence-electron chi connectivity index (χ3n) is 4.77. The number of nitrogens with zero attached hydrogens (tertiary/aromatic N) is 3. The zero-order valence-electron chi connectivity index (χ0n) is 15.0. The van der Waals surface area contributed by atoms with Gasteiger partial charge in [0.05, 0.1) is 23.3 Å². The molecule has 0 bridgehead atoms. The summed E-state index contributed by atoms with van der Waals surface area (Å²) in [5.74, 6) is 0. The van der Waals surface area contributed by atoms with Crippen LogP contribution in [0.15, 0.2) is 47.4 Å². The molecule has 0 aliphatic carbocycles. The molecule has 4 aromatic rings. The van der Waals surface area contributed by atoms with Gasteiger partial charge in [0.2, 0.25) is 0 Å².